The van der Waals surface area contributed by atoms with Gasteiger partial charge in [0.05, 0.1) is 17.3 Å². The Bertz CT molecular complexity index is 742. The van der Waals surface area contributed by atoms with Gasteiger partial charge < -0.3 is 11.1 Å². The van der Waals surface area contributed by atoms with Gasteiger partial charge in [-0.25, -0.2) is 0 Å². The molecular weight excluding hydrogens is 270 g/mol. The number of amides is 2. The molecule has 106 valence electrons. The number of nitrogens with zero attached hydrogens (tertiary/aromatic N) is 3. The van der Waals surface area contributed by atoms with Crippen LogP contribution in [0.4, 0.5) is 5.69 Å². The molecule has 0 atom stereocenters. The number of benzene rings is 1. The Balaban J connectivity index is 2.29. The SMILES string of the molecule is CCn1cc(NC(=O)c2cccc(C#N)c2)c(C(N)=O)n1. The molecule has 1 aromatic carbocycles. The first-order valence-electron chi connectivity index (χ1n) is 6.24. The molecule has 2 rings (SSSR count). The molecule has 1 heterocycles. The normalized spacial score (nSPS) is 9.90. The molecule has 7 heteroatoms. The van der Waals surface area contributed by atoms with E-state index in [2.05, 4.69) is 10.4 Å². The van der Waals surface area contributed by atoms with Crippen molar-refractivity contribution in [1.29, 1.82) is 5.26 Å². The van der Waals surface area contributed by atoms with Gasteiger partial charge in [0, 0.05) is 18.3 Å². The van der Waals surface area contributed by atoms with Gasteiger partial charge in [0.1, 0.15) is 0 Å². The number of primary amides is 1. The molecule has 0 bridgehead atoms. The van der Waals surface area contributed by atoms with Gasteiger partial charge in [-0.1, -0.05) is 6.07 Å². The summed E-state index contributed by atoms with van der Waals surface area (Å²) in [5, 5.41) is 15.4. The fourth-order valence-corrected chi connectivity index (χ4v) is 1.78. The fraction of sp³-hybridized carbons (Fsp3) is 0.143. The summed E-state index contributed by atoms with van der Waals surface area (Å²) in [5.41, 5.74) is 6.17. The molecule has 0 aliphatic carbocycles. The third-order valence-electron chi connectivity index (χ3n) is 2.82. The van der Waals surface area contributed by atoms with E-state index in [0.717, 1.165) is 0 Å². The third-order valence-corrected chi connectivity index (χ3v) is 2.82. The average Bonchev–Trinajstić information content (AvgIpc) is 2.90. The summed E-state index contributed by atoms with van der Waals surface area (Å²) in [6, 6.07) is 8.20. The van der Waals surface area contributed by atoms with Crippen LogP contribution in [0.25, 0.3) is 0 Å². The highest BCUT2D eigenvalue weighted by Gasteiger charge is 2.16. The summed E-state index contributed by atoms with van der Waals surface area (Å²) in [6.45, 7) is 2.39. The molecule has 0 spiro atoms. The maximum Gasteiger partial charge on any atom is 0.271 e. The number of aromatic nitrogens is 2. The molecule has 2 aromatic rings. The van der Waals surface area contributed by atoms with E-state index < -0.39 is 11.8 Å². The van der Waals surface area contributed by atoms with Crippen molar-refractivity contribution in [3.05, 3.63) is 47.3 Å². The van der Waals surface area contributed by atoms with Crippen LogP contribution in [0.1, 0.15) is 33.3 Å². The molecule has 0 saturated heterocycles. The number of nitrogens with two attached hydrogens (primary N) is 1. The highest BCUT2D eigenvalue weighted by Crippen LogP contribution is 2.15. The van der Waals surface area contributed by atoms with Gasteiger partial charge in [-0.05, 0) is 25.1 Å². The van der Waals surface area contributed by atoms with Crippen molar-refractivity contribution < 1.29 is 9.59 Å². The minimum absolute atomic E-state index is 0.00152. The van der Waals surface area contributed by atoms with Crippen molar-refractivity contribution in [2.75, 3.05) is 5.32 Å². The van der Waals surface area contributed by atoms with Gasteiger partial charge in [-0.15, -0.1) is 0 Å². The van der Waals surface area contributed by atoms with Gasteiger partial charge in [0.25, 0.3) is 11.8 Å². The number of hydrogen-bond acceptors (Lipinski definition) is 4. The molecule has 3 N–H and O–H groups in total. The average molecular weight is 283 g/mol. The number of rotatable bonds is 4. The molecular formula is C14H13N5O2. The second kappa shape index (κ2) is 5.88. The Hall–Kier alpha value is -3.14. The van der Waals surface area contributed by atoms with E-state index >= 15 is 0 Å². The smallest absolute Gasteiger partial charge is 0.271 e. The summed E-state index contributed by atoms with van der Waals surface area (Å²) < 4.78 is 1.50. The van der Waals surface area contributed by atoms with Gasteiger partial charge in [0.15, 0.2) is 5.69 Å². The van der Waals surface area contributed by atoms with Crippen LogP contribution in [0, 0.1) is 11.3 Å². The van der Waals surface area contributed by atoms with Crippen molar-refractivity contribution in [2.24, 2.45) is 5.73 Å². The van der Waals surface area contributed by atoms with Crippen LogP contribution in [-0.4, -0.2) is 21.6 Å². The molecule has 0 unspecified atom stereocenters. The molecule has 1 aromatic heterocycles. The third kappa shape index (κ3) is 3.06. The van der Waals surface area contributed by atoms with E-state index in [9.17, 15) is 9.59 Å². The molecule has 0 fully saturated rings. The van der Waals surface area contributed by atoms with E-state index in [1.807, 2.05) is 13.0 Å². The monoisotopic (exact) mass is 283 g/mol. The first-order chi connectivity index (χ1) is 10.0. The lowest BCUT2D eigenvalue weighted by molar-refractivity contribution is 0.0995. The van der Waals surface area contributed by atoms with Crippen molar-refractivity contribution in [1.82, 2.24) is 9.78 Å². The quantitative estimate of drug-likeness (QED) is 0.875. The largest absolute Gasteiger partial charge is 0.364 e. The van der Waals surface area contributed by atoms with Crippen LogP contribution < -0.4 is 11.1 Å². The molecule has 0 aliphatic rings. The Kier molecular flexibility index (Phi) is 4.00. The fourth-order valence-electron chi connectivity index (χ4n) is 1.78. The van der Waals surface area contributed by atoms with Crippen molar-refractivity contribution in [3.8, 4) is 6.07 Å². The maximum atomic E-state index is 12.1. The first kappa shape index (κ1) is 14.3. The standard InChI is InChI=1S/C14H13N5O2/c1-2-19-8-11(12(18-19)13(16)20)17-14(21)10-5-3-4-9(6-10)7-15/h3-6,8H,2H2,1H3,(H2,16,20)(H,17,21). The van der Waals surface area contributed by atoms with Crippen LogP contribution in [0.2, 0.25) is 0 Å². The maximum absolute atomic E-state index is 12.1. The van der Waals surface area contributed by atoms with Gasteiger partial charge in [-0.3, -0.25) is 14.3 Å². The Morgan fingerprint density at radius 3 is 2.86 bits per heavy atom. The summed E-state index contributed by atoms with van der Waals surface area (Å²) >= 11 is 0. The lowest BCUT2D eigenvalue weighted by Crippen LogP contribution is -2.18. The minimum Gasteiger partial charge on any atom is -0.364 e. The predicted octanol–water partition coefficient (Wildman–Crippen LogP) is 1.13. The molecule has 0 saturated carbocycles. The first-order valence-corrected chi connectivity index (χ1v) is 6.24. The number of anilines is 1. The number of carbonyl (C=O) groups is 2. The molecule has 2 amide bonds. The van der Waals surface area contributed by atoms with E-state index in [4.69, 9.17) is 11.0 Å². The molecule has 21 heavy (non-hydrogen) atoms. The zero-order valence-electron chi connectivity index (χ0n) is 11.3. The summed E-state index contributed by atoms with van der Waals surface area (Å²) in [7, 11) is 0. The lowest BCUT2D eigenvalue weighted by atomic mass is 10.1. The summed E-state index contributed by atoms with van der Waals surface area (Å²) in [4.78, 5) is 23.5. The van der Waals surface area contributed by atoms with Gasteiger partial charge in [-0.2, -0.15) is 10.4 Å². The molecule has 7 nitrogen and oxygen atoms in total. The summed E-state index contributed by atoms with van der Waals surface area (Å²) in [6.07, 6.45) is 1.53. The lowest BCUT2D eigenvalue weighted by Gasteiger charge is -2.04. The number of nitriles is 1. The molecule has 0 aliphatic heterocycles. The van der Waals surface area contributed by atoms with E-state index in [1.54, 1.807) is 18.2 Å². The number of nitrogens with one attached hydrogen (secondary N) is 1. The zero-order chi connectivity index (χ0) is 15.4. The highest BCUT2D eigenvalue weighted by molar-refractivity contribution is 6.08. The second-order valence-electron chi connectivity index (χ2n) is 4.26. The number of aryl methyl sites for hydroxylation is 1. The Morgan fingerprint density at radius 2 is 2.24 bits per heavy atom. The second-order valence-corrected chi connectivity index (χ2v) is 4.26. The zero-order valence-corrected chi connectivity index (χ0v) is 11.3. The van der Waals surface area contributed by atoms with E-state index in [-0.39, 0.29) is 11.4 Å². The Labute approximate surface area is 121 Å². The van der Waals surface area contributed by atoms with Crippen LogP contribution in [0.15, 0.2) is 30.5 Å². The van der Waals surface area contributed by atoms with Gasteiger partial charge >= 0.3 is 0 Å². The minimum atomic E-state index is -0.719. The van der Waals surface area contributed by atoms with E-state index in [1.165, 1.54) is 16.9 Å². The van der Waals surface area contributed by atoms with Crippen molar-refractivity contribution in [2.45, 2.75) is 13.5 Å². The van der Waals surface area contributed by atoms with E-state index in [0.29, 0.717) is 17.7 Å². The van der Waals surface area contributed by atoms with Crippen LogP contribution in [0.3, 0.4) is 0 Å². The van der Waals surface area contributed by atoms with Crippen LogP contribution >= 0.6 is 0 Å². The highest BCUT2D eigenvalue weighted by atomic mass is 16.2. The Morgan fingerprint density at radius 1 is 1.48 bits per heavy atom. The predicted molar refractivity (Wildman–Crippen MR) is 75.5 cm³/mol. The van der Waals surface area contributed by atoms with Gasteiger partial charge in [0.2, 0.25) is 0 Å². The summed E-state index contributed by atoms with van der Waals surface area (Å²) in [5.74, 6) is -1.16. The van der Waals surface area contributed by atoms with Crippen molar-refractivity contribution in [3.63, 3.8) is 0 Å². The molecule has 0 radical (unpaired) electrons. The number of hydrogen-bond donors (Lipinski definition) is 2. The topological polar surface area (TPSA) is 114 Å². The van der Waals surface area contributed by atoms with Crippen LogP contribution in [-0.2, 0) is 6.54 Å². The van der Waals surface area contributed by atoms with Crippen LogP contribution in [0.5, 0.6) is 0 Å². The van der Waals surface area contributed by atoms with Crippen molar-refractivity contribution >= 4 is 17.5 Å². The number of carbonyl (C=O) groups excluding carboxylic acids is 2.